The summed E-state index contributed by atoms with van der Waals surface area (Å²) in [6.07, 6.45) is -0.256. The molecule has 0 aromatic heterocycles. The quantitative estimate of drug-likeness (QED) is 0.0523. The van der Waals surface area contributed by atoms with Crippen molar-refractivity contribution in [2.45, 2.75) is 50.4 Å². The highest BCUT2D eigenvalue weighted by atomic mass is 32.1. The molecular weight excluding hydrogens is 432 g/mol. The lowest BCUT2D eigenvalue weighted by molar-refractivity contribution is -0.142. The molecule has 0 saturated heterocycles. The van der Waals surface area contributed by atoms with Gasteiger partial charge in [0.15, 0.2) is 5.96 Å². The number of carbonyl (C=O) groups excluding carboxylic acids is 4. The highest BCUT2D eigenvalue weighted by Crippen LogP contribution is 2.03. The summed E-state index contributed by atoms with van der Waals surface area (Å²) in [4.78, 5) is 63.2. The van der Waals surface area contributed by atoms with Crippen LogP contribution in [0.5, 0.6) is 0 Å². The van der Waals surface area contributed by atoms with E-state index in [1.165, 1.54) is 6.92 Å². The molecule has 15 heteroatoms. The van der Waals surface area contributed by atoms with Gasteiger partial charge in [0.2, 0.25) is 23.6 Å². The third-order valence-corrected chi connectivity index (χ3v) is 4.27. The van der Waals surface area contributed by atoms with Gasteiger partial charge in [-0.25, -0.2) is 0 Å². The third kappa shape index (κ3) is 11.6. The fraction of sp³-hybridized carbons (Fsp3) is 0.625. The predicted molar refractivity (Wildman–Crippen MR) is 115 cm³/mol. The van der Waals surface area contributed by atoms with Crippen molar-refractivity contribution in [1.82, 2.24) is 16.0 Å². The van der Waals surface area contributed by atoms with E-state index in [0.717, 1.165) is 0 Å². The molecule has 4 unspecified atom stereocenters. The molecule has 0 aromatic carbocycles. The molecule has 0 bridgehead atoms. The molecule has 0 radical (unpaired) electrons. The Morgan fingerprint density at radius 1 is 0.968 bits per heavy atom. The van der Waals surface area contributed by atoms with Gasteiger partial charge in [-0.15, -0.1) is 0 Å². The number of aliphatic carboxylic acids is 1. The Kier molecular flexibility index (Phi) is 12.6. The molecule has 4 atom stereocenters. The summed E-state index contributed by atoms with van der Waals surface area (Å²) in [5, 5.41) is 15.9. The van der Waals surface area contributed by atoms with E-state index in [1.54, 1.807) is 0 Å². The number of hydrogen-bond donors (Lipinski definition) is 9. The Morgan fingerprint density at radius 3 is 2.00 bits per heavy atom. The molecule has 4 amide bonds. The summed E-state index contributed by atoms with van der Waals surface area (Å²) < 4.78 is 0. The minimum atomic E-state index is -1.40. The molecule has 0 aliphatic rings. The van der Waals surface area contributed by atoms with E-state index in [4.69, 9.17) is 28.0 Å². The number of aliphatic imine (C=N–C) groups is 1. The summed E-state index contributed by atoms with van der Waals surface area (Å²) >= 11 is 3.88. The number of carboxylic acid groups (broad SMARTS) is 1. The summed E-state index contributed by atoms with van der Waals surface area (Å²) in [5.41, 5.74) is 21.1. The van der Waals surface area contributed by atoms with Gasteiger partial charge < -0.3 is 44.0 Å². The van der Waals surface area contributed by atoms with E-state index in [-0.39, 0.29) is 31.1 Å². The number of hydrogen-bond acceptors (Lipinski definition) is 8. The van der Waals surface area contributed by atoms with Crippen LogP contribution in [0.4, 0.5) is 0 Å². The first-order valence-electron chi connectivity index (χ1n) is 9.23. The highest BCUT2D eigenvalue weighted by Gasteiger charge is 2.30. The van der Waals surface area contributed by atoms with Gasteiger partial charge in [0.1, 0.15) is 18.1 Å². The molecule has 12 N–H and O–H groups in total. The number of carboxylic acids is 1. The van der Waals surface area contributed by atoms with E-state index in [1.807, 2.05) is 0 Å². The molecule has 0 aromatic rings. The van der Waals surface area contributed by atoms with Crippen LogP contribution in [0.25, 0.3) is 0 Å². The summed E-state index contributed by atoms with van der Waals surface area (Å²) in [5.74, 6) is -4.75. The Morgan fingerprint density at radius 2 is 1.52 bits per heavy atom. The third-order valence-electron chi connectivity index (χ3n) is 3.88. The normalized spacial score (nSPS) is 14.3. The van der Waals surface area contributed by atoms with Crippen LogP contribution in [0, 0.1) is 0 Å². The Labute approximate surface area is 184 Å². The minimum Gasteiger partial charge on any atom is -0.480 e. The number of guanidine groups is 1. The van der Waals surface area contributed by atoms with Crippen LogP contribution in [-0.2, 0) is 24.0 Å². The molecule has 0 heterocycles. The zero-order valence-corrected chi connectivity index (χ0v) is 17.9. The van der Waals surface area contributed by atoms with Crippen LogP contribution in [0.1, 0.15) is 26.2 Å². The van der Waals surface area contributed by atoms with Gasteiger partial charge in [-0.05, 0) is 19.8 Å². The van der Waals surface area contributed by atoms with Gasteiger partial charge in [0.25, 0.3) is 0 Å². The molecule has 0 spiro atoms. The van der Waals surface area contributed by atoms with Crippen LogP contribution in [0.3, 0.4) is 0 Å². The SMILES string of the molecule is CC(NC(=O)C(CCCN=C(N)N)NC(=O)C(CC(N)=O)NC(=O)C(N)CS)C(=O)O. The number of carbonyl (C=O) groups is 5. The van der Waals surface area contributed by atoms with Crippen LogP contribution in [0.15, 0.2) is 4.99 Å². The van der Waals surface area contributed by atoms with E-state index in [0.29, 0.717) is 0 Å². The van der Waals surface area contributed by atoms with Crippen molar-refractivity contribution in [3.63, 3.8) is 0 Å². The van der Waals surface area contributed by atoms with E-state index in [2.05, 4.69) is 33.6 Å². The number of nitrogens with two attached hydrogens (primary N) is 4. The van der Waals surface area contributed by atoms with Crippen LogP contribution < -0.4 is 38.9 Å². The largest absolute Gasteiger partial charge is 0.480 e. The van der Waals surface area contributed by atoms with E-state index >= 15 is 0 Å². The Bertz CT molecular complexity index is 700. The van der Waals surface area contributed by atoms with Crippen molar-refractivity contribution >= 4 is 48.2 Å². The molecule has 176 valence electrons. The topological polar surface area (TPSA) is 258 Å². The number of amides is 4. The Hall–Kier alpha value is -3.07. The number of thiol groups is 1. The van der Waals surface area contributed by atoms with Crippen LogP contribution in [-0.4, -0.2) is 77.1 Å². The first kappa shape index (κ1) is 27.9. The maximum Gasteiger partial charge on any atom is 0.325 e. The lowest BCUT2D eigenvalue weighted by Crippen LogP contribution is -2.57. The fourth-order valence-electron chi connectivity index (χ4n) is 2.19. The van der Waals surface area contributed by atoms with Crippen molar-refractivity contribution in [2.24, 2.45) is 27.9 Å². The summed E-state index contributed by atoms with van der Waals surface area (Å²) in [6.45, 7) is 1.39. The number of rotatable bonds is 14. The fourth-order valence-corrected chi connectivity index (χ4v) is 2.36. The van der Waals surface area contributed by atoms with Crippen molar-refractivity contribution in [2.75, 3.05) is 12.3 Å². The molecular formula is C16H30N8O6S. The number of nitrogens with zero attached hydrogens (tertiary/aromatic N) is 1. The maximum atomic E-state index is 12.6. The van der Waals surface area contributed by atoms with E-state index in [9.17, 15) is 24.0 Å². The van der Waals surface area contributed by atoms with Crippen LogP contribution in [0.2, 0.25) is 0 Å². The first-order chi connectivity index (χ1) is 14.4. The van der Waals surface area contributed by atoms with E-state index < -0.39 is 60.2 Å². The van der Waals surface area contributed by atoms with Crippen LogP contribution >= 0.6 is 12.6 Å². The smallest absolute Gasteiger partial charge is 0.325 e. The Balaban J connectivity index is 5.40. The molecule has 0 aliphatic carbocycles. The highest BCUT2D eigenvalue weighted by molar-refractivity contribution is 7.80. The molecule has 14 nitrogen and oxygen atoms in total. The average molecular weight is 463 g/mol. The monoisotopic (exact) mass is 462 g/mol. The lowest BCUT2D eigenvalue weighted by atomic mass is 10.1. The second-order valence-corrected chi connectivity index (χ2v) is 6.96. The first-order valence-corrected chi connectivity index (χ1v) is 9.86. The molecule has 0 aliphatic heterocycles. The zero-order valence-electron chi connectivity index (χ0n) is 17.0. The second-order valence-electron chi connectivity index (χ2n) is 6.60. The molecule has 0 saturated carbocycles. The van der Waals surface area contributed by atoms with Gasteiger partial charge in [-0.1, -0.05) is 0 Å². The van der Waals surface area contributed by atoms with Gasteiger partial charge in [0.05, 0.1) is 12.5 Å². The van der Waals surface area contributed by atoms with Crippen molar-refractivity contribution < 1.29 is 29.1 Å². The van der Waals surface area contributed by atoms with Gasteiger partial charge in [-0.2, -0.15) is 12.6 Å². The van der Waals surface area contributed by atoms with Crippen molar-refractivity contribution in [3.05, 3.63) is 0 Å². The molecule has 0 rings (SSSR count). The lowest BCUT2D eigenvalue weighted by Gasteiger charge is -2.24. The molecule has 31 heavy (non-hydrogen) atoms. The number of primary amides is 1. The maximum absolute atomic E-state index is 12.6. The number of nitrogens with one attached hydrogen (secondary N) is 3. The predicted octanol–water partition coefficient (Wildman–Crippen LogP) is -4.27. The average Bonchev–Trinajstić information content (AvgIpc) is 2.67. The zero-order chi connectivity index (χ0) is 24.1. The molecule has 0 fully saturated rings. The van der Waals surface area contributed by atoms with Gasteiger partial charge in [0, 0.05) is 12.3 Å². The second kappa shape index (κ2) is 14.0. The summed E-state index contributed by atoms with van der Waals surface area (Å²) in [7, 11) is 0. The van der Waals surface area contributed by atoms with Crippen molar-refractivity contribution in [1.29, 1.82) is 0 Å². The van der Waals surface area contributed by atoms with Gasteiger partial charge >= 0.3 is 5.97 Å². The van der Waals surface area contributed by atoms with Gasteiger partial charge in [-0.3, -0.25) is 29.0 Å². The standard InChI is InChI=1S/C16H30N8O6S/c1-7(15(29)30)22-13(27)9(3-2-4-21-16(19)20)23-14(28)10(5-11(18)25)24-12(26)8(17)6-31/h7-10,31H,2-6,17H2,1H3,(H2,18,25)(H,22,27)(H,23,28)(H,24,26)(H,29,30)(H4,19,20,21). The van der Waals surface area contributed by atoms with Crippen molar-refractivity contribution in [3.8, 4) is 0 Å². The minimum absolute atomic E-state index is 0.0142. The summed E-state index contributed by atoms with van der Waals surface area (Å²) in [6, 6.07) is -4.86.